The highest BCUT2D eigenvalue weighted by molar-refractivity contribution is 5.87. The van der Waals surface area contributed by atoms with Crippen LogP contribution < -0.4 is 0 Å². The Morgan fingerprint density at radius 3 is 2.67 bits per heavy atom. The number of likely N-dealkylation sites (tertiary alicyclic amines) is 3. The van der Waals surface area contributed by atoms with E-state index in [4.69, 9.17) is 0 Å². The molecular weight excluding hydrogens is 342 g/mol. The maximum Gasteiger partial charge on any atom is 0.242 e. The molecule has 148 valence electrons. The SMILES string of the molecule is Cn1cncc1CN1CCC[C@]2(CCC(=O)N2CC(=O)N2CCCC2)CC1. The number of aromatic nitrogens is 2. The van der Waals surface area contributed by atoms with Crippen molar-refractivity contribution in [2.45, 2.75) is 57.0 Å². The number of carbonyl (C=O) groups is 2. The lowest BCUT2D eigenvalue weighted by atomic mass is 9.87. The Labute approximate surface area is 161 Å². The molecule has 7 heteroatoms. The third-order valence-electron chi connectivity index (χ3n) is 6.74. The van der Waals surface area contributed by atoms with Gasteiger partial charge in [-0.2, -0.15) is 0 Å². The van der Waals surface area contributed by atoms with E-state index in [1.165, 1.54) is 5.69 Å². The first-order chi connectivity index (χ1) is 13.1. The Morgan fingerprint density at radius 1 is 1.11 bits per heavy atom. The van der Waals surface area contributed by atoms with Crippen molar-refractivity contribution in [3.05, 3.63) is 18.2 Å². The van der Waals surface area contributed by atoms with Crippen LogP contribution in [0.3, 0.4) is 0 Å². The number of amides is 2. The maximum atomic E-state index is 12.7. The zero-order valence-electron chi connectivity index (χ0n) is 16.4. The van der Waals surface area contributed by atoms with Crippen molar-refractivity contribution >= 4 is 11.8 Å². The molecule has 7 nitrogen and oxygen atoms in total. The third kappa shape index (κ3) is 3.74. The Morgan fingerprint density at radius 2 is 1.93 bits per heavy atom. The normalized spacial score (nSPS) is 26.9. The van der Waals surface area contributed by atoms with Gasteiger partial charge in [0.25, 0.3) is 0 Å². The highest BCUT2D eigenvalue weighted by Gasteiger charge is 2.46. The zero-order chi connectivity index (χ0) is 18.9. The first kappa shape index (κ1) is 18.5. The quantitative estimate of drug-likeness (QED) is 0.800. The fraction of sp³-hybridized carbons (Fsp3) is 0.750. The van der Waals surface area contributed by atoms with Crippen molar-refractivity contribution in [3.63, 3.8) is 0 Å². The van der Waals surface area contributed by atoms with Gasteiger partial charge in [0, 0.05) is 51.4 Å². The summed E-state index contributed by atoms with van der Waals surface area (Å²) in [4.78, 5) is 35.9. The number of aryl methyl sites for hydroxylation is 1. The molecule has 2 amide bonds. The van der Waals surface area contributed by atoms with Gasteiger partial charge in [-0.1, -0.05) is 0 Å². The summed E-state index contributed by atoms with van der Waals surface area (Å²) in [5, 5.41) is 0. The Bertz CT molecular complexity index is 696. The lowest BCUT2D eigenvalue weighted by Gasteiger charge is -2.38. The van der Waals surface area contributed by atoms with Crippen LogP contribution in [0.2, 0.25) is 0 Å². The van der Waals surface area contributed by atoms with E-state index in [1.807, 2.05) is 29.4 Å². The van der Waals surface area contributed by atoms with E-state index < -0.39 is 0 Å². The summed E-state index contributed by atoms with van der Waals surface area (Å²) in [7, 11) is 2.03. The van der Waals surface area contributed by atoms with Crippen LogP contribution in [0.1, 0.15) is 50.6 Å². The second kappa shape index (κ2) is 7.62. The van der Waals surface area contributed by atoms with Gasteiger partial charge < -0.3 is 14.4 Å². The third-order valence-corrected chi connectivity index (χ3v) is 6.74. The van der Waals surface area contributed by atoms with Gasteiger partial charge >= 0.3 is 0 Å². The minimum Gasteiger partial charge on any atom is -0.341 e. The monoisotopic (exact) mass is 373 g/mol. The van der Waals surface area contributed by atoms with Gasteiger partial charge in [-0.3, -0.25) is 14.5 Å². The highest BCUT2D eigenvalue weighted by atomic mass is 16.2. The van der Waals surface area contributed by atoms with E-state index in [0.29, 0.717) is 6.42 Å². The number of rotatable bonds is 4. The summed E-state index contributed by atoms with van der Waals surface area (Å²) < 4.78 is 2.07. The van der Waals surface area contributed by atoms with Crippen LogP contribution in [-0.4, -0.2) is 74.3 Å². The lowest BCUT2D eigenvalue weighted by molar-refractivity contribution is -0.141. The summed E-state index contributed by atoms with van der Waals surface area (Å²) in [5.41, 5.74) is 1.10. The second-order valence-corrected chi connectivity index (χ2v) is 8.42. The molecule has 0 aliphatic carbocycles. The van der Waals surface area contributed by atoms with Gasteiger partial charge in [-0.25, -0.2) is 4.98 Å². The van der Waals surface area contributed by atoms with E-state index in [1.54, 1.807) is 0 Å². The zero-order valence-corrected chi connectivity index (χ0v) is 16.4. The lowest BCUT2D eigenvalue weighted by Crippen LogP contribution is -2.51. The van der Waals surface area contributed by atoms with E-state index in [9.17, 15) is 9.59 Å². The molecule has 0 saturated carbocycles. The molecule has 4 heterocycles. The Hall–Kier alpha value is -1.89. The van der Waals surface area contributed by atoms with Gasteiger partial charge in [0.05, 0.1) is 12.0 Å². The van der Waals surface area contributed by atoms with Crippen molar-refractivity contribution in [2.24, 2.45) is 7.05 Å². The molecule has 1 aromatic heterocycles. The van der Waals surface area contributed by atoms with E-state index in [0.717, 1.165) is 71.2 Å². The molecule has 3 aliphatic rings. The van der Waals surface area contributed by atoms with E-state index in [2.05, 4.69) is 14.5 Å². The van der Waals surface area contributed by atoms with Crippen molar-refractivity contribution < 1.29 is 9.59 Å². The van der Waals surface area contributed by atoms with Gasteiger partial charge in [-0.05, 0) is 45.1 Å². The molecule has 1 spiro atoms. The minimum atomic E-state index is -0.117. The van der Waals surface area contributed by atoms with Gasteiger partial charge in [-0.15, -0.1) is 0 Å². The molecule has 0 N–H and O–H groups in total. The predicted octanol–water partition coefficient (Wildman–Crippen LogP) is 1.39. The summed E-state index contributed by atoms with van der Waals surface area (Å²) in [6.45, 7) is 4.88. The first-order valence-electron chi connectivity index (χ1n) is 10.3. The van der Waals surface area contributed by atoms with Crippen LogP contribution in [0.4, 0.5) is 0 Å². The molecular formula is C20H31N5O2. The van der Waals surface area contributed by atoms with Crippen molar-refractivity contribution in [1.29, 1.82) is 0 Å². The highest BCUT2D eigenvalue weighted by Crippen LogP contribution is 2.39. The molecule has 0 unspecified atom stereocenters. The number of nitrogens with zero attached hydrogens (tertiary/aromatic N) is 5. The van der Waals surface area contributed by atoms with Crippen molar-refractivity contribution in [2.75, 3.05) is 32.7 Å². The van der Waals surface area contributed by atoms with Crippen molar-refractivity contribution in [1.82, 2.24) is 24.3 Å². The number of imidazole rings is 1. The average Bonchev–Trinajstić information content (AvgIpc) is 3.35. The van der Waals surface area contributed by atoms with Crippen LogP contribution in [0.5, 0.6) is 0 Å². The van der Waals surface area contributed by atoms with Crippen LogP contribution in [0.25, 0.3) is 0 Å². The van der Waals surface area contributed by atoms with E-state index >= 15 is 0 Å². The van der Waals surface area contributed by atoms with Crippen LogP contribution in [-0.2, 0) is 23.2 Å². The Balaban J connectivity index is 1.42. The standard InChI is InChI=1S/C20H31N5O2/c1-22-16-21-13-17(22)14-23-9-4-6-20(8-12-23)7-5-18(26)25(20)15-19(27)24-10-2-3-11-24/h13,16H,2-12,14-15H2,1H3/t20-/m0/s1. The number of hydrogen-bond acceptors (Lipinski definition) is 4. The number of hydrogen-bond donors (Lipinski definition) is 0. The molecule has 4 rings (SSSR count). The fourth-order valence-electron chi connectivity index (χ4n) is 5.01. The molecule has 27 heavy (non-hydrogen) atoms. The molecule has 3 aliphatic heterocycles. The van der Waals surface area contributed by atoms with Gasteiger partial charge in [0.1, 0.15) is 6.54 Å². The van der Waals surface area contributed by atoms with Crippen LogP contribution in [0, 0.1) is 0 Å². The molecule has 3 fully saturated rings. The molecule has 0 radical (unpaired) electrons. The van der Waals surface area contributed by atoms with Gasteiger partial charge in [0.2, 0.25) is 11.8 Å². The summed E-state index contributed by atoms with van der Waals surface area (Å²) in [6, 6.07) is 0. The van der Waals surface area contributed by atoms with E-state index in [-0.39, 0.29) is 23.9 Å². The maximum absolute atomic E-state index is 12.7. The number of carbonyl (C=O) groups excluding carboxylic acids is 2. The summed E-state index contributed by atoms with van der Waals surface area (Å²) in [5.74, 6) is 0.306. The smallest absolute Gasteiger partial charge is 0.242 e. The van der Waals surface area contributed by atoms with Crippen LogP contribution >= 0.6 is 0 Å². The minimum absolute atomic E-state index is 0.117. The predicted molar refractivity (Wildman–Crippen MR) is 102 cm³/mol. The fourth-order valence-corrected chi connectivity index (χ4v) is 5.01. The van der Waals surface area contributed by atoms with Crippen LogP contribution in [0.15, 0.2) is 12.5 Å². The first-order valence-corrected chi connectivity index (χ1v) is 10.3. The Kier molecular flexibility index (Phi) is 5.21. The molecule has 1 atom stereocenters. The molecule has 0 aromatic carbocycles. The molecule has 1 aromatic rings. The average molecular weight is 374 g/mol. The largest absolute Gasteiger partial charge is 0.341 e. The topological polar surface area (TPSA) is 61.7 Å². The second-order valence-electron chi connectivity index (χ2n) is 8.42. The summed E-state index contributed by atoms with van der Waals surface area (Å²) in [6.07, 6.45) is 10.5. The summed E-state index contributed by atoms with van der Waals surface area (Å²) >= 11 is 0. The molecule has 3 saturated heterocycles. The van der Waals surface area contributed by atoms with Crippen molar-refractivity contribution in [3.8, 4) is 0 Å². The van der Waals surface area contributed by atoms with Gasteiger partial charge in [0.15, 0.2) is 0 Å². The molecule has 0 bridgehead atoms.